The topological polar surface area (TPSA) is 72.2 Å². The third kappa shape index (κ3) is 6.40. The van der Waals surface area contributed by atoms with Crippen molar-refractivity contribution in [2.24, 2.45) is 17.1 Å². The van der Waals surface area contributed by atoms with E-state index in [1.54, 1.807) is 0 Å². The zero-order valence-corrected chi connectivity index (χ0v) is 12.2. The van der Waals surface area contributed by atoms with Gasteiger partial charge in [0.1, 0.15) is 0 Å². The lowest BCUT2D eigenvalue weighted by Crippen LogP contribution is -2.48. The molecule has 3 N–H and O–H groups in total. The third-order valence-electron chi connectivity index (χ3n) is 1.90. The molecule has 0 radical (unpaired) electrons. The monoisotopic (exact) mass is 266 g/mol. The molecule has 0 amide bonds. The summed E-state index contributed by atoms with van der Waals surface area (Å²) in [5.41, 5.74) is 5.22. The van der Waals surface area contributed by atoms with Gasteiger partial charge in [0, 0.05) is 0 Å². The van der Waals surface area contributed by atoms with Crippen molar-refractivity contribution in [2.75, 3.05) is 5.75 Å². The van der Waals surface area contributed by atoms with Gasteiger partial charge >= 0.3 is 0 Å². The van der Waals surface area contributed by atoms with Crippen LogP contribution in [0.3, 0.4) is 0 Å². The number of sulfonamides is 1. The zero-order valence-electron chi connectivity index (χ0n) is 10.6. The Morgan fingerprint density at radius 3 is 2.06 bits per heavy atom. The second-order valence-electron chi connectivity index (χ2n) is 5.56. The number of nitrogens with two attached hydrogens (primary N) is 1. The molecule has 4 nitrogen and oxygen atoms in total. The molecule has 1 unspecified atom stereocenters. The van der Waals surface area contributed by atoms with Gasteiger partial charge in [0.05, 0.1) is 16.8 Å². The van der Waals surface area contributed by atoms with Crippen LogP contribution in [0, 0.1) is 11.3 Å². The normalized spacial score (nSPS) is 15.1. The second-order valence-corrected chi connectivity index (χ2v) is 7.79. The molecule has 0 spiro atoms. The Bertz CT molecular complexity index is 342. The maximum atomic E-state index is 11.8. The van der Waals surface area contributed by atoms with E-state index >= 15 is 0 Å². The van der Waals surface area contributed by atoms with Gasteiger partial charge in [-0.2, -0.15) is 0 Å². The fraction of sp³-hybridized carbons (Fsp3) is 0.900. The van der Waals surface area contributed by atoms with Crippen LogP contribution in [0.25, 0.3) is 0 Å². The lowest BCUT2D eigenvalue weighted by molar-refractivity contribution is 0.451. The van der Waals surface area contributed by atoms with E-state index in [9.17, 15) is 8.42 Å². The highest BCUT2D eigenvalue weighted by Gasteiger charge is 2.27. The van der Waals surface area contributed by atoms with Crippen LogP contribution in [0.5, 0.6) is 0 Å². The van der Waals surface area contributed by atoms with Gasteiger partial charge < -0.3 is 5.73 Å². The van der Waals surface area contributed by atoms with Crippen molar-refractivity contribution in [1.29, 1.82) is 0 Å². The van der Waals surface area contributed by atoms with Gasteiger partial charge in [0.25, 0.3) is 0 Å². The molecule has 0 aromatic carbocycles. The van der Waals surface area contributed by atoms with E-state index in [1.165, 1.54) is 0 Å². The molecule has 96 valence electrons. The highest BCUT2D eigenvalue weighted by Crippen LogP contribution is 2.16. The summed E-state index contributed by atoms with van der Waals surface area (Å²) in [5.74, 6) is 0.110. The van der Waals surface area contributed by atoms with E-state index in [0.717, 1.165) is 0 Å². The standard InChI is InChI=1S/C10H22N2O2S2/c1-7(2)8(9(11)15)12-16(13,14)6-10(3,4)5/h7-8,12H,6H2,1-5H3,(H2,11,15). The van der Waals surface area contributed by atoms with Crippen molar-refractivity contribution in [1.82, 2.24) is 4.72 Å². The molecule has 0 fully saturated rings. The minimum atomic E-state index is -3.35. The van der Waals surface area contributed by atoms with Gasteiger partial charge in [0.15, 0.2) is 0 Å². The van der Waals surface area contributed by atoms with Gasteiger partial charge in [-0.15, -0.1) is 0 Å². The summed E-state index contributed by atoms with van der Waals surface area (Å²) in [6.45, 7) is 9.37. The Labute approximate surface area is 104 Å². The summed E-state index contributed by atoms with van der Waals surface area (Å²) < 4.78 is 26.2. The highest BCUT2D eigenvalue weighted by molar-refractivity contribution is 7.89. The first-order valence-electron chi connectivity index (χ1n) is 5.24. The van der Waals surface area contributed by atoms with Gasteiger partial charge in [-0.25, -0.2) is 13.1 Å². The fourth-order valence-electron chi connectivity index (χ4n) is 1.33. The average Bonchev–Trinajstić information content (AvgIpc) is 1.94. The summed E-state index contributed by atoms with van der Waals surface area (Å²) in [6, 6.07) is -0.470. The third-order valence-corrected chi connectivity index (χ3v) is 4.02. The quantitative estimate of drug-likeness (QED) is 0.735. The summed E-state index contributed by atoms with van der Waals surface area (Å²) in [4.78, 5) is 0.187. The van der Waals surface area contributed by atoms with Crippen molar-refractivity contribution < 1.29 is 8.42 Å². The molecule has 0 saturated heterocycles. The first-order valence-corrected chi connectivity index (χ1v) is 7.30. The minimum absolute atomic E-state index is 0.0484. The molecule has 0 bridgehead atoms. The van der Waals surface area contributed by atoms with Crippen LogP contribution >= 0.6 is 12.2 Å². The molecule has 0 rings (SSSR count). The lowest BCUT2D eigenvalue weighted by Gasteiger charge is -2.24. The summed E-state index contributed by atoms with van der Waals surface area (Å²) in [5, 5.41) is 0. The predicted molar refractivity (Wildman–Crippen MR) is 71.8 cm³/mol. The molecule has 0 heterocycles. The van der Waals surface area contributed by atoms with Crippen LogP contribution in [-0.2, 0) is 10.0 Å². The molecular formula is C10H22N2O2S2. The van der Waals surface area contributed by atoms with Crippen LogP contribution in [0.15, 0.2) is 0 Å². The van der Waals surface area contributed by atoms with Gasteiger partial charge in [-0.05, 0) is 11.3 Å². The van der Waals surface area contributed by atoms with E-state index in [-0.39, 0.29) is 22.1 Å². The van der Waals surface area contributed by atoms with E-state index < -0.39 is 16.1 Å². The molecule has 0 aliphatic rings. The van der Waals surface area contributed by atoms with E-state index in [2.05, 4.69) is 4.72 Å². The largest absolute Gasteiger partial charge is 0.392 e. The van der Waals surface area contributed by atoms with Crippen LogP contribution in [-0.4, -0.2) is 25.2 Å². The average molecular weight is 266 g/mol. The number of rotatable bonds is 5. The first kappa shape index (κ1) is 15.8. The second kappa shape index (κ2) is 5.42. The predicted octanol–water partition coefficient (Wildman–Crippen LogP) is 1.26. The molecule has 0 aromatic rings. The number of thiocarbonyl (C=S) groups is 1. The summed E-state index contributed by atoms with van der Waals surface area (Å²) >= 11 is 4.85. The number of nitrogens with one attached hydrogen (secondary N) is 1. The van der Waals surface area contributed by atoms with Crippen LogP contribution in [0.2, 0.25) is 0 Å². The fourth-order valence-corrected chi connectivity index (χ4v) is 3.74. The molecule has 0 aliphatic carbocycles. The molecule has 1 atom stereocenters. The van der Waals surface area contributed by atoms with E-state index in [4.69, 9.17) is 18.0 Å². The van der Waals surface area contributed by atoms with E-state index in [1.807, 2.05) is 34.6 Å². The Balaban J connectivity index is 4.75. The number of hydrogen-bond acceptors (Lipinski definition) is 3. The Morgan fingerprint density at radius 1 is 1.38 bits per heavy atom. The molecule has 0 saturated carbocycles. The Kier molecular flexibility index (Phi) is 5.35. The number of hydrogen-bond donors (Lipinski definition) is 2. The Hall–Kier alpha value is -0.200. The van der Waals surface area contributed by atoms with Gasteiger partial charge in [0.2, 0.25) is 10.0 Å². The van der Waals surface area contributed by atoms with Crippen molar-refractivity contribution in [3.05, 3.63) is 0 Å². The van der Waals surface area contributed by atoms with Crippen molar-refractivity contribution in [3.8, 4) is 0 Å². The lowest BCUT2D eigenvalue weighted by atomic mass is 10.0. The summed E-state index contributed by atoms with van der Waals surface area (Å²) in [7, 11) is -3.35. The summed E-state index contributed by atoms with van der Waals surface area (Å²) in [6.07, 6.45) is 0. The van der Waals surface area contributed by atoms with Crippen LogP contribution < -0.4 is 10.5 Å². The smallest absolute Gasteiger partial charge is 0.212 e. The molecule has 16 heavy (non-hydrogen) atoms. The van der Waals surface area contributed by atoms with Crippen LogP contribution in [0.1, 0.15) is 34.6 Å². The highest BCUT2D eigenvalue weighted by atomic mass is 32.2. The first-order chi connectivity index (χ1) is 6.94. The van der Waals surface area contributed by atoms with E-state index in [0.29, 0.717) is 0 Å². The zero-order chi connectivity index (χ0) is 13.1. The van der Waals surface area contributed by atoms with Crippen molar-refractivity contribution in [2.45, 2.75) is 40.7 Å². The van der Waals surface area contributed by atoms with Crippen LogP contribution in [0.4, 0.5) is 0 Å². The molecule has 0 aromatic heterocycles. The van der Waals surface area contributed by atoms with Crippen molar-refractivity contribution >= 4 is 27.2 Å². The van der Waals surface area contributed by atoms with Gasteiger partial charge in [-0.3, -0.25) is 0 Å². The SMILES string of the molecule is CC(C)C(NS(=O)(=O)CC(C)(C)C)C(N)=S. The minimum Gasteiger partial charge on any atom is -0.392 e. The molecule has 6 heteroatoms. The Morgan fingerprint density at radius 2 is 1.81 bits per heavy atom. The maximum Gasteiger partial charge on any atom is 0.212 e. The molecular weight excluding hydrogens is 244 g/mol. The van der Waals surface area contributed by atoms with Crippen molar-refractivity contribution in [3.63, 3.8) is 0 Å². The maximum absolute atomic E-state index is 11.8. The molecule has 0 aliphatic heterocycles. The van der Waals surface area contributed by atoms with Gasteiger partial charge in [-0.1, -0.05) is 46.8 Å².